The van der Waals surface area contributed by atoms with Crippen molar-refractivity contribution in [1.82, 2.24) is 0 Å². The van der Waals surface area contributed by atoms with Crippen LogP contribution in [0.1, 0.15) is 85.5 Å². The molecule has 2 heterocycles. The van der Waals surface area contributed by atoms with E-state index >= 15 is 0 Å². The molecule has 0 aromatic rings. The van der Waals surface area contributed by atoms with Gasteiger partial charge in [0.25, 0.3) is 0 Å². The van der Waals surface area contributed by atoms with Gasteiger partial charge < -0.3 is 14.2 Å². The van der Waals surface area contributed by atoms with E-state index in [0.717, 1.165) is 30.8 Å². The van der Waals surface area contributed by atoms with E-state index in [0.29, 0.717) is 40.8 Å². The fourth-order valence-electron chi connectivity index (χ4n) is 9.85. The third kappa shape index (κ3) is 2.81. The molecule has 0 bridgehead atoms. The molecule has 11 atom stereocenters. The summed E-state index contributed by atoms with van der Waals surface area (Å²) in [5.74, 6) is 4.12. The maximum atomic E-state index is 6.92. The Morgan fingerprint density at radius 2 is 1.87 bits per heavy atom. The molecule has 31 heavy (non-hydrogen) atoms. The summed E-state index contributed by atoms with van der Waals surface area (Å²) >= 11 is 0. The highest BCUT2D eigenvalue weighted by atomic mass is 16.7. The molecular weight excluding hydrogens is 384 g/mol. The van der Waals surface area contributed by atoms with Crippen molar-refractivity contribution in [2.24, 2.45) is 46.3 Å². The number of hydrogen-bond acceptors (Lipinski definition) is 3. The van der Waals surface area contributed by atoms with Crippen molar-refractivity contribution >= 4 is 0 Å². The lowest BCUT2D eigenvalue weighted by Gasteiger charge is -2.58. The Labute approximate surface area is 189 Å². The highest BCUT2D eigenvalue weighted by molar-refractivity contribution is 5.26. The Kier molecular flexibility index (Phi) is 4.82. The second-order valence-corrected chi connectivity index (χ2v) is 12.9. The fraction of sp³-hybridized carbons (Fsp3) is 0.929. The van der Waals surface area contributed by atoms with Crippen LogP contribution in [0, 0.1) is 46.3 Å². The van der Waals surface area contributed by atoms with Crippen LogP contribution in [0.3, 0.4) is 0 Å². The van der Waals surface area contributed by atoms with Crippen LogP contribution in [0.4, 0.5) is 0 Å². The molecule has 0 radical (unpaired) electrons. The average Bonchev–Trinajstić information content (AvgIpc) is 3.20. The quantitative estimate of drug-likeness (QED) is 0.454. The molecule has 3 nitrogen and oxygen atoms in total. The predicted molar refractivity (Wildman–Crippen MR) is 122 cm³/mol. The summed E-state index contributed by atoms with van der Waals surface area (Å²) in [4.78, 5) is 0. The fourth-order valence-corrected chi connectivity index (χ4v) is 9.85. The topological polar surface area (TPSA) is 27.7 Å². The predicted octanol–water partition coefficient (Wildman–Crippen LogP) is 6.37. The SMILES string of the molecule is CO[C@H]1CC[C@]2(C)C(=CC[C@H]3[C@H]2CC[C@]2(C)[C@@H]4[C@H](C[C@@H]32)O[C@@]2(CCC(C)CO2)[C@H]4C)C1. The van der Waals surface area contributed by atoms with Crippen molar-refractivity contribution in [3.63, 3.8) is 0 Å². The summed E-state index contributed by atoms with van der Waals surface area (Å²) in [5, 5.41) is 0. The van der Waals surface area contributed by atoms with Crippen LogP contribution >= 0.6 is 0 Å². The number of methoxy groups -OCH3 is 1. The van der Waals surface area contributed by atoms with Gasteiger partial charge in [0.05, 0.1) is 18.8 Å². The first-order valence-electron chi connectivity index (χ1n) is 13.3. The number of hydrogen-bond donors (Lipinski definition) is 0. The Hall–Kier alpha value is -0.380. The molecule has 0 aromatic carbocycles. The lowest BCUT2D eigenvalue weighted by Crippen LogP contribution is -2.52. The van der Waals surface area contributed by atoms with Gasteiger partial charge in [-0.25, -0.2) is 0 Å². The zero-order valence-electron chi connectivity index (χ0n) is 20.5. The summed E-state index contributed by atoms with van der Waals surface area (Å²) in [5.41, 5.74) is 2.56. The maximum absolute atomic E-state index is 6.92. The van der Waals surface area contributed by atoms with Crippen molar-refractivity contribution < 1.29 is 14.2 Å². The van der Waals surface area contributed by atoms with Crippen LogP contribution in [0.5, 0.6) is 0 Å². The minimum absolute atomic E-state index is 0.281. The van der Waals surface area contributed by atoms with Gasteiger partial charge >= 0.3 is 0 Å². The van der Waals surface area contributed by atoms with Crippen LogP contribution in [0.15, 0.2) is 11.6 Å². The Morgan fingerprint density at radius 1 is 1.03 bits per heavy atom. The smallest absolute Gasteiger partial charge is 0.171 e. The van der Waals surface area contributed by atoms with E-state index in [4.69, 9.17) is 14.2 Å². The summed E-state index contributed by atoms with van der Waals surface area (Å²) < 4.78 is 19.2. The van der Waals surface area contributed by atoms with Crippen LogP contribution in [0.25, 0.3) is 0 Å². The summed E-state index contributed by atoms with van der Waals surface area (Å²) in [6.45, 7) is 10.9. The van der Waals surface area contributed by atoms with Crippen LogP contribution in [0.2, 0.25) is 0 Å². The van der Waals surface area contributed by atoms with Crippen molar-refractivity contribution in [3.8, 4) is 0 Å². The molecule has 3 saturated carbocycles. The van der Waals surface area contributed by atoms with Crippen molar-refractivity contribution in [3.05, 3.63) is 11.6 Å². The number of fused-ring (bicyclic) bond motifs is 7. The van der Waals surface area contributed by atoms with Crippen LogP contribution in [-0.4, -0.2) is 31.7 Å². The standard InChI is InChI=1S/C28H44O3/c1-17-8-13-28(30-16-17)18(2)25-24(31-28)15-23-21-7-6-19-14-20(29-5)9-11-26(19,3)22(21)10-12-27(23,25)4/h6,17-18,20-25H,7-16H2,1-5H3/t17?,18-,20-,21-,22+,23-,24-,25-,26+,27-,28-/m0/s1. The molecule has 5 fully saturated rings. The number of rotatable bonds is 1. The molecule has 2 saturated heterocycles. The second-order valence-electron chi connectivity index (χ2n) is 12.9. The van der Waals surface area contributed by atoms with E-state index in [1.807, 2.05) is 7.11 Å². The van der Waals surface area contributed by atoms with Crippen LogP contribution < -0.4 is 0 Å². The van der Waals surface area contributed by atoms with E-state index in [2.05, 4.69) is 33.8 Å². The Balaban J connectivity index is 1.27. The van der Waals surface area contributed by atoms with E-state index < -0.39 is 0 Å². The first-order valence-corrected chi connectivity index (χ1v) is 13.3. The number of allylic oxidation sites excluding steroid dienone is 1. The third-order valence-electron chi connectivity index (χ3n) is 11.7. The van der Waals surface area contributed by atoms with Gasteiger partial charge in [0.15, 0.2) is 5.79 Å². The highest BCUT2D eigenvalue weighted by Crippen LogP contribution is 2.70. The molecule has 6 aliphatic rings. The molecule has 1 unspecified atom stereocenters. The lowest BCUT2D eigenvalue weighted by atomic mass is 9.47. The second kappa shape index (κ2) is 7.06. The van der Waals surface area contributed by atoms with Gasteiger partial charge in [-0.15, -0.1) is 0 Å². The lowest BCUT2D eigenvalue weighted by molar-refractivity contribution is -0.272. The van der Waals surface area contributed by atoms with Gasteiger partial charge in [-0.1, -0.05) is 39.3 Å². The molecule has 0 amide bonds. The third-order valence-corrected chi connectivity index (χ3v) is 11.7. The normalized spacial score (nSPS) is 58.3. The summed E-state index contributed by atoms with van der Waals surface area (Å²) in [6.07, 6.45) is 14.9. The molecule has 2 aliphatic heterocycles. The molecule has 6 rings (SSSR count). The van der Waals surface area contributed by atoms with Crippen molar-refractivity contribution in [2.75, 3.05) is 13.7 Å². The van der Waals surface area contributed by atoms with E-state index in [1.165, 1.54) is 51.4 Å². The molecule has 0 N–H and O–H groups in total. The zero-order chi connectivity index (χ0) is 21.6. The number of ether oxygens (including phenoxy) is 3. The summed E-state index contributed by atoms with van der Waals surface area (Å²) in [6, 6.07) is 0. The first-order chi connectivity index (χ1) is 14.8. The highest BCUT2D eigenvalue weighted by Gasteiger charge is 2.68. The van der Waals surface area contributed by atoms with Gasteiger partial charge in [0.2, 0.25) is 0 Å². The maximum Gasteiger partial charge on any atom is 0.171 e. The monoisotopic (exact) mass is 428 g/mol. The molecule has 3 heteroatoms. The molecular formula is C28H44O3. The van der Waals surface area contributed by atoms with E-state index in [1.54, 1.807) is 5.57 Å². The van der Waals surface area contributed by atoms with Crippen molar-refractivity contribution in [1.29, 1.82) is 0 Å². The Morgan fingerprint density at radius 3 is 2.61 bits per heavy atom. The van der Waals surface area contributed by atoms with E-state index in [9.17, 15) is 0 Å². The first kappa shape index (κ1) is 21.2. The van der Waals surface area contributed by atoms with Gasteiger partial charge in [-0.05, 0) is 91.8 Å². The Bertz CT molecular complexity index is 751. The minimum atomic E-state index is -0.281. The average molecular weight is 429 g/mol. The van der Waals surface area contributed by atoms with Crippen molar-refractivity contribution in [2.45, 2.75) is 103 Å². The summed E-state index contributed by atoms with van der Waals surface area (Å²) in [7, 11) is 1.90. The van der Waals surface area contributed by atoms with Gasteiger partial charge in [-0.3, -0.25) is 0 Å². The molecule has 174 valence electrons. The molecule has 0 aromatic heterocycles. The van der Waals surface area contributed by atoms with E-state index in [-0.39, 0.29) is 5.79 Å². The minimum Gasteiger partial charge on any atom is -0.381 e. The van der Waals surface area contributed by atoms with Crippen LogP contribution in [-0.2, 0) is 14.2 Å². The van der Waals surface area contributed by atoms with Gasteiger partial charge in [0.1, 0.15) is 0 Å². The van der Waals surface area contributed by atoms with Gasteiger partial charge in [-0.2, -0.15) is 0 Å². The molecule has 4 aliphatic carbocycles. The zero-order valence-corrected chi connectivity index (χ0v) is 20.5. The largest absolute Gasteiger partial charge is 0.381 e. The van der Waals surface area contributed by atoms with Gasteiger partial charge in [0, 0.05) is 19.4 Å². The molecule has 1 spiro atoms.